The summed E-state index contributed by atoms with van der Waals surface area (Å²) in [4.78, 5) is 16.7. The lowest BCUT2D eigenvalue weighted by Gasteiger charge is -2.34. The molecule has 27 heavy (non-hydrogen) atoms. The van der Waals surface area contributed by atoms with Crippen LogP contribution in [0.5, 0.6) is 5.75 Å². The fourth-order valence-corrected chi connectivity index (χ4v) is 3.49. The molecule has 0 aliphatic carbocycles. The van der Waals surface area contributed by atoms with E-state index >= 15 is 0 Å². The van der Waals surface area contributed by atoms with Crippen molar-refractivity contribution in [2.75, 3.05) is 39.8 Å². The van der Waals surface area contributed by atoms with Gasteiger partial charge >= 0.3 is 6.03 Å². The van der Waals surface area contributed by atoms with Gasteiger partial charge in [-0.15, -0.1) is 0 Å². The predicted molar refractivity (Wildman–Crippen MR) is 108 cm³/mol. The fraction of sp³-hybridized carbons (Fsp3) is 0.381. The van der Waals surface area contributed by atoms with Crippen LogP contribution >= 0.6 is 11.6 Å². The van der Waals surface area contributed by atoms with E-state index in [9.17, 15) is 4.79 Å². The largest absolute Gasteiger partial charge is 0.496 e. The Labute approximate surface area is 165 Å². The van der Waals surface area contributed by atoms with Crippen LogP contribution in [-0.2, 0) is 13.0 Å². The smallest absolute Gasteiger partial charge is 0.317 e. The minimum Gasteiger partial charge on any atom is -0.496 e. The van der Waals surface area contributed by atoms with Gasteiger partial charge in [-0.05, 0) is 29.7 Å². The molecule has 2 amide bonds. The summed E-state index contributed by atoms with van der Waals surface area (Å²) >= 11 is 6.14. The topological polar surface area (TPSA) is 44.8 Å². The first kappa shape index (κ1) is 19.5. The van der Waals surface area contributed by atoms with Gasteiger partial charge in [0.25, 0.3) is 0 Å². The summed E-state index contributed by atoms with van der Waals surface area (Å²) in [5.74, 6) is 0.940. The van der Waals surface area contributed by atoms with Crippen LogP contribution in [0, 0.1) is 0 Å². The number of piperazine rings is 1. The summed E-state index contributed by atoms with van der Waals surface area (Å²) in [7, 11) is 1.71. The second-order valence-electron chi connectivity index (χ2n) is 6.64. The van der Waals surface area contributed by atoms with Crippen LogP contribution in [0.4, 0.5) is 4.79 Å². The van der Waals surface area contributed by atoms with E-state index in [1.165, 1.54) is 5.56 Å². The number of urea groups is 1. The summed E-state index contributed by atoms with van der Waals surface area (Å²) in [6.45, 7) is 4.66. The average Bonchev–Trinajstić information content (AvgIpc) is 2.72. The highest BCUT2D eigenvalue weighted by Gasteiger charge is 2.21. The number of amides is 2. The number of benzene rings is 2. The lowest BCUT2D eigenvalue weighted by molar-refractivity contribution is 0.139. The highest BCUT2D eigenvalue weighted by Crippen LogP contribution is 2.18. The second-order valence-corrected chi connectivity index (χ2v) is 7.05. The average molecular weight is 388 g/mol. The van der Waals surface area contributed by atoms with Gasteiger partial charge in [-0.3, -0.25) is 4.90 Å². The molecule has 2 aromatic carbocycles. The Morgan fingerprint density at radius 2 is 1.70 bits per heavy atom. The molecule has 1 heterocycles. The number of halogens is 1. The molecule has 0 saturated carbocycles. The Morgan fingerprint density at radius 3 is 2.41 bits per heavy atom. The highest BCUT2D eigenvalue weighted by molar-refractivity contribution is 6.31. The standard InChI is InChI=1S/C21H26ClN3O2/c1-27-20-9-5-3-6-17(20)10-11-24-12-14-25(15-13-24)21(26)23-16-18-7-2-4-8-19(18)22/h2-9H,10-16H2,1H3,(H,23,26). The molecule has 0 aromatic heterocycles. The number of hydrogen-bond acceptors (Lipinski definition) is 3. The van der Waals surface area contributed by atoms with Crippen LogP contribution in [0.1, 0.15) is 11.1 Å². The van der Waals surface area contributed by atoms with Gasteiger partial charge in [0.15, 0.2) is 0 Å². The third-order valence-electron chi connectivity index (χ3n) is 4.94. The molecule has 1 N–H and O–H groups in total. The van der Waals surface area contributed by atoms with E-state index in [-0.39, 0.29) is 6.03 Å². The van der Waals surface area contributed by atoms with Crippen molar-refractivity contribution in [2.45, 2.75) is 13.0 Å². The van der Waals surface area contributed by atoms with Crippen molar-refractivity contribution in [1.82, 2.24) is 15.1 Å². The number of ether oxygens (including phenoxy) is 1. The molecule has 0 unspecified atom stereocenters. The number of carbonyl (C=O) groups is 1. The lowest BCUT2D eigenvalue weighted by Crippen LogP contribution is -2.51. The number of carbonyl (C=O) groups excluding carboxylic acids is 1. The van der Waals surface area contributed by atoms with Gasteiger partial charge in [0.05, 0.1) is 7.11 Å². The minimum atomic E-state index is -0.0284. The molecule has 1 fully saturated rings. The molecule has 2 aromatic rings. The van der Waals surface area contributed by atoms with Crippen molar-refractivity contribution < 1.29 is 9.53 Å². The van der Waals surface area contributed by atoms with E-state index in [1.807, 2.05) is 47.4 Å². The first-order valence-electron chi connectivity index (χ1n) is 9.28. The molecule has 1 saturated heterocycles. The molecule has 6 heteroatoms. The zero-order valence-corrected chi connectivity index (χ0v) is 16.4. The summed E-state index contributed by atoms with van der Waals surface area (Å²) in [5, 5.41) is 3.64. The second kappa shape index (κ2) is 9.62. The van der Waals surface area contributed by atoms with Crippen molar-refractivity contribution in [2.24, 2.45) is 0 Å². The van der Waals surface area contributed by atoms with E-state index in [0.717, 1.165) is 50.5 Å². The Bertz CT molecular complexity index is 761. The van der Waals surface area contributed by atoms with Crippen LogP contribution < -0.4 is 10.1 Å². The predicted octanol–water partition coefficient (Wildman–Crippen LogP) is 3.42. The maximum atomic E-state index is 12.4. The Morgan fingerprint density at radius 1 is 1.04 bits per heavy atom. The zero-order valence-electron chi connectivity index (χ0n) is 15.7. The molecule has 1 aliphatic rings. The zero-order chi connectivity index (χ0) is 19.1. The summed E-state index contributed by atoms with van der Waals surface area (Å²) < 4.78 is 5.42. The van der Waals surface area contributed by atoms with Gasteiger partial charge in [0, 0.05) is 44.3 Å². The van der Waals surface area contributed by atoms with E-state index in [0.29, 0.717) is 11.6 Å². The summed E-state index contributed by atoms with van der Waals surface area (Å²) in [6, 6.07) is 15.7. The fourth-order valence-electron chi connectivity index (χ4n) is 3.29. The van der Waals surface area contributed by atoms with Gasteiger partial charge in [0.1, 0.15) is 5.75 Å². The van der Waals surface area contributed by atoms with E-state index in [1.54, 1.807) is 7.11 Å². The molecule has 0 bridgehead atoms. The number of rotatable bonds is 6. The lowest BCUT2D eigenvalue weighted by atomic mass is 10.1. The number of nitrogens with one attached hydrogen (secondary N) is 1. The van der Waals surface area contributed by atoms with Gasteiger partial charge in [-0.25, -0.2) is 4.79 Å². The Kier molecular flexibility index (Phi) is 6.96. The van der Waals surface area contributed by atoms with Crippen molar-refractivity contribution in [1.29, 1.82) is 0 Å². The van der Waals surface area contributed by atoms with E-state index in [4.69, 9.17) is 16.3 Å². The third kappa shape index (κ3) is 5.37. The van der Waals surface area contributed by atoms with Crippen molar-refractivity contribution in [3.05, 3.63) is 64.7 Å². The van der Waals surface area contributed by atoms with Crippen LogP contribution in [0.25, 0.3) is 0 Å². The van der Waals surface area contributed by atoms with Crippen LogP contribution in [0.2, 0.25) is 5.02 Å². The van der Waals surface area contributed by atoms with Crippen LogP contribution in [0.15, 0.2) is 48.5 Å². The molecule has 144 valence electrons. The number of para-hydroxylation sites is 1. The van der Waals surface area contributed by atoms with Gasteiger partial charge < -0.3 is 15.0 Å². The van der Waals surface area contributed by atoms with Gasteiger partial charge in [0.2, 0.25) is 0 Å². The molecular formula is C21H26ClN3O2. The van der Waals surface area contributed by atoms with Crippen LogP contribution in [0.3, 0.4) is 0 Å². The Balaban J connectivity index is 1.42. The first-order valence-corrected chi connectivity index (χ1v) is 9.65. The maximum Gasteiger partial charge on any atom is 0.317 e. The third-order valence-corrected chi connectivity index (χ3v) is 5.31. The van der Waals surface area contributed by atoms with Crippen molar-refractivity contribution >= 4 is 17.6 Å². The summed E-state index contributed by atoms with van der Waals surface area (Å²) in [6.07, 6.45) is 0.947. The molecule has 0 radical (unpaired) electrons. The van der Waals surface area contributed by atoms with E-state index < -0.39 is 0 Å². The first-order chi connectivity index (χ1) is 13.2. The van der Waals surface area contributed by atoms with Crippen molar-refractivity contribution in [3.63, 3.8) is 0 Å². The normalized spacial score (nSPS) is 14.8. The monoisotopic (exact) mass is 387 g/mol. The highest BCUT2D eigenvalue weighted by atomic mass is 35.5. The molecule has 0 spiro atoms. The molecule has 0 atom stereocenters. The molecule has 3 rings (SSSR count). The molecule has 5 nitrogen and oxygen atoms in total. The maximum absolute atomic E-state index is 12.4. The van der Waals surface area contributed by atoms with E-state index in [2.05, 4.69) is 16.3 Å². The Hall–Kier alpha value is -2.24. The van der Waals surface area contributed by atoms with Crippen molar-refractivity contribution in [3.8, 4) is 5.75 Å². The van der Waals surface area contributed by atoms with Crippen LogP contribution in [-0.4, -0.2) is 55.7 Å². The summed E-state index contributed by atoms with van der Waals surface area (Å²) in [5.41, 5.74) is 2.16. The number of nitrogens with zero attached hydrogens (tertiary/aromatic N) is 2. The minimum absolute atomic E-state index is 0.0284. The van der Waals surface area contributed by atoms with Gasteiger partial charge in [-0.2, -0.15) is 0 Å². The SMILES string of the molecule is COc1ccccc1CCN1CCN(C(=O)NCc2ccccc2Cl)CC1. The van der Waals surface area contributed by atoms with Gasteiger partial charge in [-0.1, -0.05) is 48.0 Å². The molecule has 1 aliphatic heterocycles. The number of methoxy groups -OCH3 is 1. The molecular weight excluding hydrogens is 362 g/mol. The number of hydrogen-bond donors (Lipinski definition) is 1. The quantitative estimate of drug-likeness (QED) is 0.826.